The third kappa shape index (κ3) is 5.34. The topological polar surface area (TPSA) is 110 Å². The second-order valence-corrected chi connectivity index (χ2v) is 9.05. The molecule has 4 rings (SSSR count). The standard InChI is InChI=1S/C28H29F2N5O3/c1-4-23(36)35(5-2)12-13-38-25-24(32-16-33-26(25)31)20-14-18(29)15-21(17(20)3)28(10-11-28)34-27(37)19-8-6-7-9-22(19)30/h4,6-9,14-16H,1,5,10-13H2,2-3H3,(H,34,37)(H2,31,32,33). The number of nitrogen functional groups attached to an aromatic ring is 1. The number of nitrogens with zero attached hydrogens (tertiary/aromatic N) is 3. The van der Waals surface area contributed by atoms with Gasteiger partial charge in [-0.2, -0.15) is 0 Å². The van der Waals surface area contributed by atoms with Gasteiger partial charge in [-0.25, -0.2) is 18.7 Å². The molecule has 3 aromatic rings. The van der Waals surface area contributed by atoms with E-state index in [0.29, 0.717) is 36.1 Å². The molecular weight excluding hydrogens is 492 g/mol. The van der Waals surface area contributed by atoms with Gasteiger partial charge in [-0.1, -0.05) is 18.7 Å². The van der Waals surface area contributed by atoms with Crippen molar-refractivity contribution >= 4 is 17.6 Å². The van der Waals surface area contributed by atoms with Crippen molar-refractivity contribution in [2.45, 2.75) is 32.2 Å². The van der Waals surface area contributed by atoms with Gasteiger partial charge in [0.05, 0.1) is 17.6 Å². The third-order valence-corrected chi connectivity index (χ3v) is 6.67. The highest BCUT2D eigenvalue weighted by atomic mass is 19.1. The van der Waals surface area contributed by atoms with Crippen molar-refractivity contribution in [1.29, 1.82) is 0 Å². The second-order valence-electron chi connectivity index (χ2n) is 9.05. The number of aromatic nitrogens is 2. The molecule has 198 valence electrons. The van der Waals surface area contributed by atoms with E-state index in [4.69, 9.17) is 10.5 Å². The summed E-state index contributed by atoms with van der Waals surface area (Å²) >= 11 is 0. The zero-order valence-electron chi connectivity index (χ0n) is 21.3. The molecule has 1 aliphatic carbocycles. The Morgan fingerprint density at radius 1 is 1.24 bits per heavy atom. The predicted molar refractivity (Wildman–Crippen MR) is 139 cm³/mol. The molecule has 10 heteroatoms. The minimum atomic E-state index is -0.841. The Morgan fingerprint density at radius 2 is 1.97 bits per heavy atom. The van der Waals surface area contributed by atoms with Crippen LogP contribution in [0, 0.1) is 18.6 Å². The van der Waals surface area contributed by atoms with Crippen LogP contribution in [0.25, 0.3) is 11.3 Å². The number of ether oxygens (including phenoxy) is 1. The Kier molecular flexibility index (Phi) is 7.70. The molecule has 8 nitrogen and oxygen atoms in total. The van der Waals surface area contributed by atoms with Gasteiger partial charge in [0.1, 0.15) is 30.3 Å². The Bertz CT molecular complexity index is 1390. The average molecular weight is 522 g/mol. The first-order valence-electron chi connectivity index (χ1n) is 12.2. The molecule has 0 unspecified atom stereocenters. The van der Waals surface area contributed by atoms with Crippen LogP contribution in [0.2, 0.25) is 0 Å². The molecule has 1 heterocycles. The molecule has 0 atom stereocenters. The van der Waals surface area contributed by atoms with Gasteiger partial charge in [0, 0.05) is 12.1 Å². The molecule has 0 spiro atoms. The molecule has 1 saturated carbocycles. The summed E-state index contributed by atoms with van der Waals surface area (Å²) in [6.07, 6.45) is 3.62. The number of halogens is 2. The second kappa shape index (κ2) is 11.0. The summed E-state index contributed by atoms with van der Waals surface area (Å²) in [5.41, 5.74) is 7.12. The number of amides is 2. The van der Waals surface area contributed by atoms with Crippen LogP contribution < -0.4 is 15.8 Å². The van der Waals surface area contributed by atoms with Gasteiger partial charge in [-0.3, -0.25) is 9.59 Å². The fraction of sp³-hybridized carbons (Fsp3) is 0.286. The summed E-state index contributed by atoms with van der Waals surface area (Å²) < 4.78 is 35.1. The number of nitrogens with two attached hydrogens (primary N) is 1. The SMILES string of the molecule is C=CC(=O)N(CC)CCOc1c(N)ncnc1-c1cc(F)cc(C2(NC(=O)c3ccccc3F)CC2)c1C. The number of rotatable bonds is 10. The van der Waals surface area contributed by atoms with Crippen molar-refractivity contribution in [2.75, 3.05) is 25.4 Å². The molecule has 2 amide bonds. The molecule has 0 radical (unpaired) electrons. The number of benzene rings is 2. The molecule has 1 fully saturated rings. The summed E-state index contributed by atoms with van der Waals surface area (Å²) in [7, 11) is 0. The van der Waals surface area contributed by atoms with Crippen molar-refractivity contribution in [3.05, 3.63) is 83.7 Å². The van der Waals surface area contributed by atoms with Crippen molar-refractivity contribution < 1.29 is 23.1 Å². The van der Waals surface area contributed by atoms with Crippen molar-refractivity contribution in [2.24, 2.45) is 0 Å². The van der Waals surface area contributed by atoms with Gasteiger partial charge in [-0.15, -0.1) is 0 Å². The number of likely N-dealkylation sites (N-methyl/N-ethyl adjacent to an activating group) is 1. The molecule has 38 heavy (non-hydrogen) atoms. The maximum absolute atomic E-state index is 15.0. The maximum atomic E-state index is 15.0. The van der Waals surface area contributed by atoms with Crippen molar-refractivity contribution in [1.82, 2.24) is 20.2 Å². The smallest absolute Gasteiger partial charge is 0.254 e. The summed E-state index contributed by atoms with van der Waals surface area (Å²) in [6, 6.07) is 8.40. The lowest BCUT2D eigenvalue weighted by molar-refractivity contribution is -0.126. The first-order chi connectivity index (χ1) is 18.2. The number of carbonyl (C=O) groups excluding carboxylic acids is 2. The summed E-state index contributed by atoms with van der Waals surface area (Å²) in [6.45, 7) is 7.97. The molecule has 1 aromatic heterocycles. The fourth-order valence-corrected chi connectivity index (χ4v) is 4.47. The van der Waals surface area contributed by atoms with E-state index in [1.54, 1.807) is 17.9 Å². The molecule has 1 aliphatic rings. The van der Waals surface area contributed by atoms with E-state index in [1.807, 2.05) is 6.92 Å². The molecule has 0 aliphatic heterocycles. The van der Waals surface area contributed by atoms with E-state index in [9.17, 15) is 18.4 Å². The Hall–Kier alpha value is -4.34. The molecular formula is C28H29F2N5O3. The molecule has 0 saturated heterocycles. The lowest BCUT2D eigenvalue weighted by Gasteiger charge is -2.23. The van der Waals surface area contributed by atoms with Gasteiger partial charge in [-0.05, 0) is 68.2 Å². The van der Waals surface area contributed by atoms with Crippen LogP contribution in [-0.2, 0) is 10.3 Å². The highest BCUT2D eigenvalue weighted by molar-refractivity contribution is 5.95. The number of hydrogen-bond acceptors (Lipinski definition) is 6. The van der Waals surface area contributed by atoms with E-state index < -0.39 is 23.1 Å². The van der Waals surface area contributed by atoms with Crippen LogP contribution in [0.1, 0.15) is 41.3 Å². The quantitative estimate of drug-likeness (QED) is 0.388. The predicted octanol–water partition coefficient (Wildman–Crippen LogP) is 4.14. The van der Waals surface area contributed by atoms with Gasteiger partial charge >= 0.3 is 0 Å². The zero-order chi connectivity index (χ0) is 27.4. The van der Waals surface area contributed by atoms with Gasteiger partial charge in [0.15, 0.2) is 11.6 Å². The van der Waals surface area contributed by atoms with Gasteiger partial charge in [0.25, 0.3) is 5.91 Å². The van der Waals surface area contributed by atoms with E-state index in [-0.39, 0.29) is 41.9 Å². The summed E-state index contributed by atoms with van der Waals surface area (Å²) in [4.78, 5) is 34.7. The number of nitrogens with one attached hydrogen (secondary N) is 1. The lowest BCUT2D eigenvalue weighted by Crippen LogP contribution is -2.36. The molecule has 0 bridgehead atoms. The summed E-state index contributed by atoms with van der Waals surface area (Å²) in [5.74, 6) is -1.75. The van der Waals surface area contributed by atoms with Gasteiger partial charge < -0.3 is 20.7 Å². The third-order valence-electron chi connectivity index (χ3n) is 6.67. The van der Waals surface area contributed by atoms with E-state index in [0.717, 1.165) is 0 Å². The largest absolute Gasteiger partial charge is 0.486 e. The van der Waals surface area contributed by atoms with E-state index >= 15 is 0 Å². The monoisotopic (exact) mass is 521 g/mol. The average Bonchev–Trinajstić information content (AvgIpc) is 3.68. The fourth-order valence-electron chi connectivity index (χ4n) is 4.47. The molecule has 2 aromatic carbocycles. The number of hydrogen-bond donors (Lipinski definition) is 2. The molecule has 3 N–H and O–H groups in total. The zero-order valence-corrected chi connectivity index (χ0v) is 21.3. The highest BCUT2D eigenvalue weighted by Crippen LogP contribution is 2.49. The van der Waals surface area contributed by atoms with E-state index in [2.05, 4.69) is 21.9 Å². The number of carbonyl (C=O) groups is 2. The van der Waals surface area contributed by atoms with Crippen LogP contribution in [0.15, 0.2) is 55.4 Å². The Labute approximate surface area is 219 Å². The Morgan fingerprint density at radius 3 is 2.63 bits per heavy atom. The normalized spacial score (nSPS) is 13.5. The summed E-state index contributed by atoms with van der Waals surface area (Å²) in [5, 5.41) is 2.90. The van der Waals surface area contributed by atoms with E-state index in [1.165, 1.54) is 42.7 Å². The van der Waals surface area contributed by atoms with Crippen LogP contribution >= 0.6 is 0 Å². The van der Waals surface area contributed by atoms with Crippen LogP contribution in [0.3, 0.4) is 0 Å². The first-order valence-corrected chi connectivity index (χ1v) is 12.2. The van der Waals surface area contributed by atoms with Crippen LogP contribution in [-0.4, -0.2) is 46.4 Å². The van der Waals surface area contributed by atoms with Gasteiger partial charge in [0.2, 0.25) is 5.91 Å². The minimum absolute atomic E-state index is 0.0623. The van der Waals surface area contributed by atoms with Crippen molar-refractivity contribution in [3.63, 3.8) is 0 Å². The highest BCUT2D eigenvalue weighted by Gasteiger charge is 2.47. The first kappa shape index (κ1) is 26.7. The van der Waals surface area contributed by atoms with Crippen LogP contribution in [0.5, 0.6) is 5.75 Å². The number of anilines is 1. The lowest BCUT2D eigenvalue weighted by atomic mass is 9.92. The van der Waals surface area contributed by atoms with Crippen LogP contribution in [0.4, 0.5) is 14.6 Å². The van der Waals surface area contributed by atoms with Crippen molar-refractivity contribution in [3.8, 4) is 17.0 Å². The maximum Gasteiger partial charge on any atom is 0.254 e. The Balaban J connectivity index is 1.65. The minimum Gasteiger partial charge on any atom is -0.486 e.